The molecule has 1 aliphatic carbocycles. The third kappa shape index (κ3) is 9.30. The van der Waals surface area contributed by atoms with Gasteiger partial charge in [-0.2, -0.15) is 0 Å². The van der Waals surface area contributed by atoms with Crippen molar-refractivity contribution in [3.63, 3.8) is 0 Å². The molecule has 0 aromatic heterocycles. The van der Waals surface area contributed by atoms with Gasteiger partial charge in [-0.15, -0.1) is 0 Å². The van der Waals surface area contributed by atoms with Gasteiger partial charge in [0.25, 0.3) is 0 Å². The molecular weight excluding hydrogens is 360 g/mol. The Bertz CT molecular complexity index is 489. The van der Waals surface area contributed by atoms with Gasteiger partial charge < -0.3 is 20.4 Å². The monoisotopic (exact) mass is 398 g/mol. The van der Waals surface area contributed by atoms with Crippen LogP contribution in [0.2, 0.25) is 0 Å². The first-order valence-corrected chi connectivity index (χ1v) is 10.8. The van der Waals surface area contributed by atoms with Gasteiger partial charge in [0.15, 0.2) is 5.78 Å². The maximum absolute atomic E-state index is 11.8. The van der Waals surface area contributed by atoms with Gasteiger partial charge in [-0.25, -0.2) is 0 Å². The average Bonchev–Trinajstić information content (AvgIpc) is 2.92. The van der Waals surface area contributed by atoms with Gasteiger partial charge >= 0.3 is 5.97 Å². The van der Waals surface area contributed by atoms with Crippen molar-refractivity contribution in [2.24, 2.45) is 11.8 Å². The molecule has 0 spiro atoms. The van der Waals surface area contributed by atoms with E-state index >= 15 is 0 Å². The number of aliphatic carboxylic acids is 1. The summed E-state index contributed by atoms with van der Waals surface area (Å²) in [6.07, 6.45) is 9.85. The zero-order valence-corrected chi connectivity index (χ0v) is 17.1. The summed E-state index contributed by atoms with van der Waals surface area (Å²) in [4.78, 5) is 22.3. The van der Waals surface area contributed by atoms with Crippen LogP contribution in [0.3, 0.4) is 0 Å². The number of carbonyl (C=O) groups excluding carboxylic acids is 1. The van der Waals surface area contributed by atoms with Gasteiger partial charge in [-0.3, -0.25) is 9.59 Å². The summed E-state index contributed by atoms with van der Waals surface area (Å²) >= 11 is 0. The Morgan fingerprint density at radius 3 is 2.25 bits per heavy atom. The molecule has 0 aromatic carbocycles. The molecule has 6 heteroatoms. The van der Waals surface area contributed by atoms with Crippen LogP contribution in [0.15, 0.2) is 12.2 Å². The summed E-state index contributed by atoms with van der Waals surface area (Å²) in [6.45, 7) is 1.99. The number of rotatable bonds is 15. The molecule has 0 amide bonds. The first-order chi connectivity index (χ1) is 13.4. The van der Waals surface area contributed by atoms with E-state index in [2.05, 4.69) is 0 Å². The number of hydrogen-bond donors (Lipinski definition) is 4. The lowest BCUT2D eigenvalue weighted by molar-refractivity contribution is -0.137. The van der Waals surface area contributed by atoms with Crippen LogP contribution in [-0.4, -0.2) is 50.5 Å². The SMILES string of the molecule is CCCCC(=O)[C@@H](O)/C=C/[C@@H]1[C@@H](CCCCCCCCC(=O)O)[C@@H](O)C[C@H]1O. The van der Waals surface area contributed by atoms with E-state index in [1.807, 2.05) is 6.92 Å². The fraction of sp³-hybridized carbons (Fsp3) is 0.818. The van der Waals surface area contributed by atoms with Gasteiger partial charge in [0.2, 0.25) is 0 Å². The summed E-state index contributed by atoms with van der Waals surface area (Å²) < 4.78 is 0. The van der Waals surface area contributed by atoms with Crippen molar-refractivity contribution in [2.45, 2.75) is 102 Å². The number of carboxylic acid groups (broad SMARTS) is 1. The van der Waals surface area contributed by atoms with Crippen LogP contribution in [0.25, 0.3) is 0 Å². The molecule has 5 atom stereocenters. The Balaban J connectivity index is 2.37. The van der Waals surface area contributed by atoms with E-state index in [-0.39, 0.29) is 24.0 Å². The second-order valence-electron chi connectivity index (χ2n) is 8.06. The minimum Gasteiger partial charge on any atom is -0.481 e. The molecule has 6 nitrogen and oxygen atoms in total. The van der Waals surface area contributed by atoms with Crippen molar-refractivity contribution in [2.75, 3.05) is 0 Å². The van der Waals surface area contributed by atoms with Gasteiger partial charge in [0, 0.05) is 25.2 Å². The van der Waals surface area contributed by atoms with Gasteiger partial charge in [0.05, 0.1) is 12.2 Å². The second kappa shape index (κ2) is 13.9. The smallest absolute Gasteiger partial charge is 0.303 e. The third-order valence-corrected chi connectivity index (χ3v) is 5.72. The molecular formula is C22H38O6. The number of hydrogen-bond acceptors (Lipinski definition) is 5. The standard InChI is InChI=1S/C22H38O6/c1-2-3-11-18(23)19(24)14-13-17-16(20(25)15-21(17)26)10-8-6-4-5-7-9-12-22(27)28/h13-14,16-17,19-21,24-26H,2-12,15H2,1H3,(H,27,28)/b14-13+/t16-,17-,19+,20+,21-/m1/s1. The lowest BCUT2D eigenvalue weighted by Crippen LogP contribution is -2.22. The Labute approximate surface area is 168 Å². The fourth-order valence-corrected chi connectivity index (χ4v) is 3.98. The summed E-state index contributed by atoms with van der Waals surface area (Å²) in [5, 5.41) is 39.1. The molecule has 0 bridgehead atoms. The summed E-state index contributed by atoms with van der Waals surface area (Å²) in [6, 6.07) is 0. The fourth-order valence-electron chi connectivity index (χ4n) is 3.98. The molecule has 4 N–H and O–H groups in total. The number of carbonyl (C=O) groups is 2. The molecule has 1 saturated carbocycles. The number of aliphatic hydroxyl groups excluding tert-OH is 3. The molecule has 1 fully saturated rings. The van der Waals surface area contributed by atoms with E-state index in [9.17, 15) is 24.9 Å². The summed E-state index contributed by atoms with van der Waals surface area (Å²) in [5.74, 6) is -1.24. The van der Waals surface area contributed by atoms with Crippen molar-refractivity contribution < 1.29 is 30.0 Å². The number of carboxylic acids is 1. The Kier molecular flexibility index (Phi) is 12.3. The molecule has 1 aliphatic rings. The second-order valence-corrected chi connectivity index (χ2v) is 8.06. The maximum atomic E-state index is 11.8. The number of Topliss-reactive ketones (excluding diaryl/α,β-unsaturated/α-hetero) is 1. The highest BCUT2D eigenvalue weighted by Gasteiger charge is 2.39. The van der Waals surface area contributed by atoms with Crippen LogP contribution < -0.4 is 0 Å². The van der Waals surface area contributed by atoms with Crippen molar-refractivity contribution in [3.05, 3.63) is 12.2 Å². The molecule has 28 heavy (non-hydrogen) atoms. The van der Waals surface area contributed by atoms with Crippen molar-refractivity contribution >= 4 is 11.8 Å². The molecule has 0 aromatic rings. The van der Waals surface area contributed by atoms with E-state index in [0.717, 1.165) is 57.8 Å². The zero-order chi connectivity index (χ0) is 20.9. The van der Waals surface area contributed by atoms with Gasteiger partial charge in [-0.05, 0) is 25.2 Å². The number of ketones is 1. The molecule has 1 rings (SSSR count). The largest absolute Gasteiger partial charge is 0.481 e. The highest BCUT2D eigenvalue weighted by Crippen LogP contribution is 2.37. The summed E-state index contributed by atoms with van der Waals surface area (Å²) in [5.41, 5.74) is 0. The molecule has 162 valence electrons. The van der Waals surface area contributed by atoms with Crippen LogP contribution in [0.4, 0.5) is 0 Å². The van der Waals surface area contributed by atoms with Crippen LogP contribution in [0.5, 0.6) is 0 Å². The number of aliphatic hydroxyl groups is 3. The minimum atomic E-state index is -1.14. The first kappa shape index (κ1) is 24.8. The van der Waals surface area contributed by atoms with Crippen LogP contribution in [-0.2, 0) is 9.59 Å². The quantitative estimate of drug-likeness (QED) is 0.249. The topological polar surface area (TPSA) is 115 Å². The van der Waals surface area contributed by atoms with Crippen molar-refractivity contribution in [1.29, 1.82) is 0 Å². The van der Waals surface area contributed by atoms with E-state index in [0.29, 0.717) is 12.8 Å². The van der Waals surface area contributed by atoms with E-state index in [1.54, 1.807) is 6.08 Å². The lowest BCUT2D eigenvalue weighted by Gasteiger charge is -2.21. The van der Waals surface area contributed by atoms with E-state index < -0.39 is 24.3 Å². The first-order valence-electron chi connectivity index (χ1n) is 10.8. The Hall–Kier alpha value is -1.24. The van der Waals surface area contributed by atoms with E-state index in [4.69, 9.17) is 5.11 Å². The van der Waals surface area contributed by atoms with E-state index in [1.165, 1.54) is 6.08 Å². The zero-order valence-electron chi connectivity index (χ0n) is 17.1. The molecule has 0 unspecified atom stereocenters. The molecule has 0 radical (unpaired) electrons. The van der Waals surface area contributed by atoms with Crippen LogP contribution in [0, 0.1) is 11.8 Å². The van der Waals surface area contributed by atoms with Gasteiger partial charge in [-0.1, -0.05) is 57.6 Å². The van der Waals surface area contributed by atoms with Crippen molar-refractivity contribution in [1.82, 2.24) is 0 Å². The molecule has 0 saturated heterocycles. The average molecular weight is 399 g/mol. The van der Waals surface area contributed by atoms with Crippen LogP contribution >= 0.6 is 0 Å². The van der Waals surface area contributed by atoms with Crippen LogP contribution in [0.1, 0.15) is 84.0 Å². The highest BCUT2D eigenvalue weighted by atomic mass is 16.4. The minimum absolute atomic E-state index is 0.0591. The lowest BCUT2D eigenvalue weighted by atomic mass is 9.87. The predicted octanol–water partition coefficient (Wildman–Crippen LogP) is 3.23. The third-order valence-electron chi connectivity index (χ3n) is 5.72. The Morgan fingerprint density at radius 2 is 1.61 bits per heavy atom. The molecule has 0 aliphatic heterocycles. The number of unbranched alkanes of at least 4 members (excludes halogenated alkanes) is 6. The normalized spacial score (nSPS) is 26.0. The Morgan fingerprint density at radius 1 is 0.964 bits per heavy atom. The molecule has 0 heterocycles. The summed E-state index contributed by atoms with van der Waals surface area (Å²) in [7, 11) is 0. The highest BCUT2D eigenvalue weighted by molar-refractivity contribution is 5.84. The van der Waals surface area contributed by atoms with Gasteiger partial charge in [0.1, 0.15) is 6.10 Å². The maximum Gasteiger partial charge on any atom is 0.303 e. The predicted molar refractivity (Wildman–Crippen MR) is 108 cm³/mol. The van der Waals surface area contributed by atoms with Crippen molar-refractivity contribution in [3.8, 4) is 0 Å².